The first kappa shape index (κ1) is 14.4. The zero-order valence-electron chi connectivity index (χ0n) is 13.2. The molecule has 0 aliphatic carbocycles. The molecule has 3 heteroatoms. The van der Waals surface area contributed by atoms with Gasteiger partial charge in [0.15, 0.2) is 0 Å². The van der Waals surface area contributed by atoms with Gasteiger partial charge in [0.2, 0.25) is 0 Å². The zero-order chi connectivity index (χ0) is 16.2. The largest absolute Gasteiger partial charge is 0.268 e. The lowest BCUT2D eigenvalue weighted by Crippen LogP contribution is -1.99. The van der Waals surface area contributed by atoms with Crippen molar-refractivity contribution < 1.29 is 0 Å². The summed E-state index contributed by atoms with van der Waals surface area (Å²) in [5.74, 6) is 0. The Morgan fingerprint density at radius 2 is 1.50 bits per heavy atom. The summed E-state index contributed by atoms with van der Waals surface area (Å²) in [5.41, 5.74) is 5.52. The lowest BCUT2D eigenvalue weighted by molar-refractivity contribution is 0.687. The molecule has 2 heterocycles. The molecule has 2 aromatic heterocycles. The van der Waals surface area contributed by atoms with E-state index >= 15 is 0 Å². The molecule has 116 valence electrons. The average Bonchev–Trinajstić information content (AvgIpc) is 3.12. The van der Waals surface area contributed by atoms with Crippen LogP contribution in [0.15, 0.2) is 91.4 Å². The van der Waals surface area contributed by atoms with Gasteiger partial charge >= 0.3 is 0 Å². The molecule has 3 nitrogen and oxygen atoms in total. The van der Waals surface area contributed by atoms with Crippen molar-refractivity contribution in [3.8, 4) is 22.4 Å². The Labute approximate surface area is 141 Å². The summed E-state index contributed by atoms with van der Waals surface area (Å²) in [7, 11) is 0. The number of hydrogen-bond acceptors (Lipinski definition) is 2. The molecule has 0 saturated heterocycles. The van der Waals surface area contributed by atoms with Gasteiger partial charge in [0.1, 0.15) is 0 Å². The lowest BCUT2D eigenvalue weighted by atomic mass is 10.0. The molecule has 0 amide bonds. The van der Waals surface area contributed by atoms with Gasteiger partial charge in [-0.1, -0.05) is 66.7 Å². The Hall–Kier alpha value is -3.20. The third-order valence-corrected chi connectivity index (χ3v) is 3.99. The number of nitrogens with zero attached hydrogens (tertiary/aromatic N) is 3. The third-order valence-electron chi connectivity index (χ3n) is 3.99. The third kappa shape index (κ3) is 2.97. The van der Waals surface area contributed by atoms with E-state index in [4.69, 9.17) is 0 Å². The highest BCUT2D eigenvalue weighted by atomic mass is 15.3. The molecule has 0 N–H and O–H groups in total. The van der Waals surface area contributed by atoms with Crippen molar-refractivity contribution in [3.63, 3.8) is 0 Å². The minimum absolute atomic E-state index is 0.766. The van der Waals surface area contributed by atoms with E-state index in [2.05, 4.69) is 46.6 Å². The van der Waals surface area contributed by atoms with Crippen molar-refractivity contribution in [2.24, 2.45) is 0 Å². The number of aromatic nitrogens is 3. The normalized spacial score (nSPS) is 10.7. The number of rotatable bonds is 4. The molecule has 0 spiro atoms. The fraction of sp³-hybridized carbons (Fsp3) is 0.0476. The van der Waals surface area contributed by atoms with Crippen LogP contribution < -0.4 is 0 Å². The van der Waals surface area contributed by atoms with Crippen LogP contribution in [0.2, 0.25) is 0 Å². The molecule has 0 radical (unpaired) electrons. The first-order valence-corrected chi connectivity index (χ1v) is 7.97. The molecule has 4 aromatic rings. The maximum absolute atomic E-state index is 4.58. The molecule has 0 atom stereocenters. The monoisotopic (exact) mass is 311 g/mol. The standard InChI is InChI=1S/C21H17N3/c1-3-8-17(9-4-1)15-24-16-19(14-23-24)20-12-7-13-22-21(20)18-10-5-2-6-11-18/h1-14,16H,15H2. The Morgan fingerprint density at radius 1 is 0.750 bits per heavy atom. The SMILES string of the molecule is c1ccc(Cn2cc(-c3cccnc3-c3ccccc3)cn2)cc1. The molecule has 0 bridgehead atoms. The van der Waals surface area contributed by atoms with Gasteiger partial charge in [-0.2, -0.15) is 5.10 Å². The maximum atomic E-state index is 4.58. The van der Waals surface area contributed by atoms with Gasteiger partial charge in [-0.3, -0.25) is 9.67 Å². The van der Waals surface area contributed by atoms with Crippen LogP contribution in [-0.2, 0) is 6.54 Å². The van der Waals surface area contributed by atoms with E-state index in [0.717, 1.165) is 28.9 Å². The molecular formula is C21H17N3. The van der Waals surface area contributed by atoms with Gasteiger partial charge in [0, 0.05) is 29.1 Å². The highest BCUT2D eigenvalue weighted by molar-refractivity contribution is 5.79. The predicted octanol–water partition coefficient (Wildman–Crippen LogP) is 4.66. The van der Waals surface area contributed by atoms with Crippen molar-refractivity contribution in [1.29, 1.82) is 0 Å². The van der Waals surface area contributed by atoms with Crippen LogP contribution in [0.1, 0.15) is 5.56 Å². The minimum Gasteiger partial charge on any atom is -0.268 e. The summed E-state index contributed by atoms with van der Waals surface area (Å²) in [6, 6.07) is 24.7. The van der Waals surface area contributed by atoms with Gasteiger partial charge in [0.05, 0.1) is 18.4 Å². The topological polar surface area (TPSA) is 30.7 Å². The van der Waals surface area contributed by atoms with Gasteiger partial charge in [-0.25, -0.2) is 0 Å². The molecule has 0 saturated carbocycles. The summed E-state index contributed by atoms with van der Waals surface area (Å²) in [6.45, 7) is 0.766. The molecule has 24 heavy (non-hydrogen) atoms. The van der Waals surface area contributed by atoms with Crippen molar-refractivity contribution in [3.05, 3.63) is 97.0 Å². The summed E-state index contributed by atoms with van der Waals surface area (Å²) < 4.78 is 1.96. The van der Waals surface area contributed by atoms with Crippen LogP contribution >= 0.6 is 0 Å². The Kier molecular flexibility index (Phi) is 3.90. The molecule has 2 aromatic carbocycles. The van der Waals surface area contributed by atoms with E-state index in [-0.39, 0.29) is 0 Å². The summed E-state index contributed by atoms with van der Waals surface area (Å²) in [5, 5.41) is 4.51. The summed E-state index contributed by atoms with van der Waals surface area (Å²) >= 11 is 0. The Balaban J connectivity index is 1.68. The lowest BCUT2D eigenvalue weighted by Gasteiger charge is -2.06. The second-order valence-corrected chi connectivity index (χ2v) is 5.68. The zero-order valence-corrected chi connectivity index (χ0v) is 13.2. The van der Waals surface area contributed by atoms with Crippen LogP contribution in [0.3, 0.4) is 0 Å². The van der Waals surface area contributed by atoms with Gasteiger partial charge in [-0.15, -0.1) is 0 Å². The molecule has 0 aliphatic heterocycles. The van der Waals surface area contributed by atoms with Gasteiger partial charge in [-0.05, 0) is 11.6 Å². The predicted molar refractivity (Wildman–Crippen MR) is 96.4 cm³/mol. The van der Waals surface area contributed by atoms with Crippen molar-refractivity contribution in [2.75, 3.05) is 0 Å². The van der Waals surface area contributed by atoms with E-state index in [9.17, 15) is 0 Å². The first-order chi connectivity index (χ1) is 11.9. The van der Waals surface area contributed by atoms with Crippen molar-refractivity contribution in [2.45, 2.75) is 6.54 Å². The fourth-order valence-corrected chi connectivity index (χ4v) is 2.82. The number of hydrogen-bond donors (Lipinski definition) is 0. The Bertz CT molecular complexity index is 927. The van der Waals surface area contributed by atoms with Crippen LogP contribution in [0.4, 0.5) is 0 Å². The quantitative estimate of drug-likeness (QED) is 0.549. The summed E-state index contributed by atoms with van der Waals surface area (Å²) in [6.07, 6.45) is 5.82. The van der Waals surface area contributed by atoms with E-state index in [1.165, 1.54) is 5.56 Å². The second kappa shape index (κ2) is 6.50. The van der Waals surface area contributed by atoms with Crippen LogP contribution in [0.25, 0.3) is 22.4 Å². The van der Waals surface area contributed by atoms with E-state index in [0.29, 0.717) is 0 Å². The molecule has 4 rings (SSSR count). The van der Waals surface area contributed by atoms with Gasteiger partial charge in [0.25, 0.3) is 0 Å². The molecule has 0 aliphatic rings. The summed E-state index contributed by atoms with van der Waals surface area (Å²) in [4.78, 5) is 4.58. The molecule has 0 unspecified atom stereocenters. The first-order valence-electron chi connectivity index (χ1n) is 7.97. The highest BCUT2D eigenvalue weighted by Crippen LogP contribution is 2.29. The van der Waals surface area contributed by atoms with E-state index in [1.54, 1.807) is 0 Å². The molecular weight excluding hydrogens is 294 g/mol. The van der Waals surface area contributed by atoms with Crippen LogP contribution in [-0.4, -0.2) is 14.8 Å². The van der Waals surface area contributed by atoms with E-state index < -0.39 is 0 Å². The van der Waals surface area contributed by atoms with Crippen LogP contribution in [0.5, 0.6) is 0 Å². The van der Waals surface area contributed by atoms with Crippen molar-refractivity contribution in [1.82, 2.24) is 14.8 Å². The highest BCUT2D eigenvalue weighted by Gasteiger charge is 2.10. The maximum Gasteiger partial charge on any atom is 0.0781 e. The number of pyridine rings is 1. The van der Waals surface area contributed by atoms with Crippen LogP contribution in [0, 0.1) is 0 Å². The van der Waals surface area contributed by atoms with Gasteiger partial charge < -0.3 is 0 Å². The Morgan fingerprint density at radius 3 is 2.29 bits per heavy atom. The molecule has 0 fully saturated rings. The second-order valence-electron chi connectivity index (χ2n) is 5.68. The van der Waals surface area contributed by atoms with Crippen molar-refractivity contribution >= 4 is 0 Å². The number of benzene rings is 2. The van der Waals surface area contributed by atoms with E-state index in [1.807, 2.05) is 59.5 Å². The average molecular weight is 311 g/mol. The fourth-order valence-electron chi connectivity index (χ4n) is 2.82. The minimum atomic E-state index is 0.766. The smallest absolute Gasteiger partial charge is 0.0781 e.